The van der Waals surface area contributed by atoms with Crippen LogP contribution in [0.3, 0.4) is 0 Å². The smallest absolute Gasteiger partial charge is 0.306 e. The van der Waals surface area contributed by atoms with Crippen molar-refractivity contribution in [3.63, 3.8) is 0 Å². The topological polar surface area (TPSA) is 72.8 Å². The number of hydrogen-bond donors (Lipinski definition) is 1. The van der Waals surface area contributed by atoms with Crippen LogP contribution in [0.25, 0.3) is 0 Å². The summed E-state index contributed by atoms with van der Waals surface area (Å²) < 4.78 is 10.9. The molecule has 0 fully saturated rings. The van der Waals surface area contributed by atoms with Crippen molar-refractivity contribution in [2.24, 2.45) is 0 Å². The number of aldehydes is 1. The summed E-state index contributed by atoms with van der Waals surface area (Å²) in [6, 6.07) is 1.62. The van der Waals surface area contributed by atoms with Gasteiger partial charge in [0.25, 0.3) is 0 Å². The number of methoxy groups -OCH3 is 1. The van der Waals surface area contributed by atoms with E-state index < -0.39 is 0 Å². The van der Waals surface area contributed by atoms with E-state index in [0.29, 0.717) is 36.0 Å². The predicted molar refractivity (Wildman–Crippen MR) is 166 cm³/mol. The monoisotopic (exact) mass is 556 g/mol. The highest BCUT2D eigenvalue weighted by Crippen LogP contribution is 2.35. The van der Waals surface area contributed by atoms with Gasteiger partial charge in [0.15, 0.2) is 6.29 Å². The van der Waals surface area contributed by atoms with Gasteiger partial charge in [-0.1, -0.05) is 107 Å². The van der Waals surface area contributed by atoms with Crippen molar-refractivity contribution < 1.29 is 24.2 Å². The summed E-state index contributed by atoms with van der Waals surface area (Å²) in [5, 5.41) is 11.0. The maximum atomic E-state index is 12.4. The van der Waals surface area contributed by atoms with Gasteiger partial charge in [0.05, 0.1) is 7.11 Å². The largest absolute Gasteiger partial charge is 0.507 e. The molecule has 226 valence electrons. The van der Waals surface area contributed by atoms with Crippen LogP contribution in [-0.4, -0.2) is 24.5 Å². The summed E-state index contributed by atoms with van der Waals surface area (Å²) in [7, 11) is 1.52. The zero-order chi connectivity index (χ0) is 29.6. The summed E-state index contributed by atoms with van der Waals surface area (Å²) in [5.41, 5.74) is 3.71. The molecule has 1 rings (SSSR count). The summed E-state index contributed by atoms with van der Waals surface area (Å²) in [5.74, 6) is 0.116. The number of hydrogen-bond acceptors (Lipinski definition) is 5. The fourth-order valence-electron chi connectivity index (χ4n) is 4.87. The Morgan fingerprint density at radius 2 is 1.40 bits per heavy atom. The molecule has 0 saturated carbocycles. The normalized spacial score (nSPS) is 11.4. The molecule has 0 atom stereocenters. The van der Waals surface area contributed by atoms with Crippen LogP contribution in [0.4, 0.5) is 0 Å². The predicted octanol–water partition coefficient (Wildman–Crippen LogP) is 9.97. The fraction of sp³-hybridized carbons (Fsp3) is 0.657. The second-order valence-electron chi connectivity index (χ2n) is 11.3. The number of aromatic hydroxyl groups is 1. The first-order valence-corrected chi connectivity index (χ1v) is 15.6. The molecule has 0 amide bonds. The Balaban J connectivity index is 2.47. The van der Waals surface area contributed by atoms with Gasteiger partial charge < -0.3 is 14.6 Å². The molecule has 0 bridgehead atoms. The van der Waals surface area contributed by atoms with Crippen LogP contribution in [0.5, 0.6) is 11.5 Å². The molecule has 5 heteroatoms. The third-order valence-electron chi connectivity index (χ3n) is 7.46. The lowest BCUT2D eigenvalue weighted by Gasteiger charge is -2.16. The van der Waals surface area contributed by atoms with Gasteiger partial charge in [0.1, 0.15) is 18.1 Å². The Morgan fingerprint density at radius 1 is 0.825 bits per heavy atom. The second-order valence-corrected chi connectivity index (χ2v) is 11.3. The maximum absolute atomic E-state index is 12.4. The van der Waals surface area contributed by atoms with Gasteiger partial charge in [-0.25, -0.2) is 0 Å². The number of carbonyl (C=O) groups is 2. The van der Waals surface area contributed by atoms with Crippen molar-refractivity contribution >= 4 is 12.3 Å². The van der Waals surface area contributed by atoms with E-state index in [-0.39, 0.29) is 23.9 Å². The van der Waals surface area contributed by atoms with Crippen molar-refractivity contribution in [1.82, 2.24) is 0 Å². The standard InChI is InChI=1S/C35H56O5/c1-6-7-8-9-10-11-12-13-14-15-16-17-18-22-34(37)40-27-32-30(26-36)25-33(39-5)31(35(32)38)24-23-29(4)21-19-20-28(2)3/h20,23,25-26,38H,6-19,21-22,24,27H2,1-5H3/b29-23+. The molecular weight excluding hydrogens is 500 g/mol. The quantitative estimate of drug-likeness (QED) is 0.0628. The first-order valence-electron chi connectivity index (χ1n) is 15.6. The highest BCUT2D eigenvalue weighted by molar-refractivity contribution is 5.81. The zero-order valence-electron chi connectivity index (χ0n) is 26.1. The Hall–Kier alpha value is -2.56. The van der Waals surface area contributed by atoms with Crippen LogP contribution in [0.2, 0.25) is 0 Å². The van der Waals surface area contributed by atoms with Crippen LogP contribution in [0, 0.1) is 0 Å². The molecule has 0 saturated heterocycles. The van der Waals surface area contributed by atoms with Crippen LogP contribution in [0.1, 0.15) is 152 Å². The van der Waals surface area contributed by atoms with Gasteiger partial charge in [-0.05, 0) is 52.5 Å². The SMILES string of the molecule is CCCCCCCCCCCCCCCC(=O)OCc1c(C=O)cc(OC)c(C/C=C(\C)CCC=C(C)C)c1O. The van der Waals surface area contributed by atoms with Crippen LogP contribution in [0.15, 0.2) is 29.4 Å². The van der Waals surface area contributed by atoms with E-state index in [1.807, 2.05) is 0 Å². The molecule has 5 nitrogen and oxygen atoms in total. The van der Waals surface area contributed by atoms with E-state index in [0.717, 1.165) is 32.1 Å². The first kappa shape index (κ1) is 35.5. The Morgan fingerprint density at radius 3 is 1.93 bits per heavy atom. The van der Waals surface area contributed by atoms with E-state index in [4.69, 9.17) is 9.47 Å². The third kappa shape index (κ3) is 15.3. The molecule has 1 aromatic rings. The molecule has 0 radical (unpaired) electrons. The lowest BCUT2D eigenvalue weighted by atomic mass is 9.98. The highest BCUT2D eigenvalue weighted by Gasteiger charge is 2.19. The van der Waals surface area contributed by atoms with Gasteiger partial charge in [0, 0.05) is 23.1 Å². The molecule has 0 heterocycles. The minimum absolute atomic E-state index is 0.0384. The number of benzene rings is 1. The van der Waals surface area contributed by atoms with Crippen LogP contribution in [-0.2, 0) is 22.6 Å². The summed E-state index contributed by atoms with van der Waals surface area (Å²) in [6.07, 6.45) is 24.0. The Labute approximate surface area is 244 Å². The van der Waals surface area contributed by atoms with Gasteiger partial charge in [-0.15, -0.1) is 0 Å². The molecule has 0 aliphatic heterocycles. The number of ether oxygens (including phenoxy) is 2. The lowest BCUT2D eigenvalue weighted by molar-refractivity contribution is -0.145. The van der Waals surface area contributed by atoms with Crippen LogP contribution >= 0.6 is 0 Å². The average Bonchev–Trinajstić information content (AvgIpc) is 2.93. The van der Waals surface area contributed by atoms with E-state index in [1.165, 1.54) is 82.5 Å². The molecule has 0 aromatic heterocycles. The minimum Gasteiger partial charge on any atom is -0.507 e. The highest BCUT2D eigenvalue weighted by atomic mass is 16.5. The van der Waals surface area contributed by atoms with Crippen molar-refractivity contribution in [2.45, 2.75) is 143 Å². The number of phenolic OH excluding ortho intramolecular Hbond substituents is 1. The molecule has 0 spiro atoms. The van der Waals surface area contributed by atoms with E-state index in [1.54, 1.807) is 6.07 Å². The van der Waals surface area contributed by atoms with Crippen molar-refractivity contribution in [3.05, 3.63) is 46.1 Å². The summed E-state index contributed by atoms with van der Waals surface area (Å²) >= 11 is 0. The molecule has 0 aliphatic carbocycles. The summed E-state index contributed by atoms with van der Waals surface area (Å²) in [4.78, 5) is 24.1. The van der Waals surface area contributed by atoms with Gasteiger partial charge in [0.2, 0.25) is 0 Å². The van der Waals surface area contributed by atoms with Gasteiger partial charge in [-0.2, -0.15) is 0 Å². The number of carbonyl (C=O) groups excluding carboxylic acids is 2. The fourth-order valence-corrected chi connectivity index (χ4v) is 4.87. The Bertz CT molecular complexity index is 924. The van der Waals surface area contributed by atoms with Crippen molar-refractivity contribution in [2.75, 3.05) is 7.11 Å². The molecule has 0 aliphatic rings. The number of unbranched alkanes of at least 4 members (excludes halogenated alkanes) is 12. The summed E-state index contributed by atoms with van der Waals surface area (Å²) in [6.45, 7) is 8.37. The maximum Gasteiger partial charge on any atom is 0.306 e. The van der Waals surface area contributed by atoms with Gasteiger partial charge >= 0.3 is 5.97 Å². The first-order chi connectivity index (χ1) is 19.3. The van der Waals surface area contributed by atoms with E-state index >= 15 is 0 Å². The second kappa shape index (κ2) is 22.2. The number of esters is 1. The molecule has 1 N–H and O–H groups in total. The molecule has 1 aromatic carbocycles. The molecule has 40 heavy (non-hydrogen) atoms. The molecule has 0 unspecified atom stereocenters. The number of phenols is 1. The van der Waals surface area contributed by atoms with E-state index in [9.17, 15) is 14.7 Å². The van der Waals surface area contributed by atoms with Gasteiger partial charge in [-0.3, -0.25) is 9.59 Å². The minimum atomic E-state index is -0.299. The van der Waals surface area contributed by atoms with E-state index in [2.05, 4.69) is 39.8 Å². The molecular formula is C35H56O5. The number of allylic oxidation sites excluding steroid dienone is 4. The third-order valence-corrected chi connectivity index (χ3v) is 7.46. The zero-order valence-corrected chi connectivity index (χ0v) is 26.1. The average molecular weight is 557 g/mol. The van der Waals surface area contributed by atoms with Crippen molar-refractivity contribution in [3.8, 4) is 11.5 Å². The number of rotatable bonds is 23. The Kier molecular flexibility index (Phi) is 19.7. The van der Waals surface area contributed by atoms with Crippen molar-refractivity contribution in [1.29, 1.82) is 0 Å². The van der Waals surface area contributed by atoms with Crippen LogP contribution < -0.4 is 4.74 Å². The lowest BCUT2D eigenvalue weighted by Crippen LogP contribution is -2.08.